The highest BCUT2D eigenvalue weighted by Crippen LogP contribution is 2.31. The monoisotopic (exact) mass is 322 g/mol. The first-order chi connectivity index (χ1) is 11.4. The second-order valence-corrected chi connectivity index (χ2v) is 6.59. The summed E-state index contributed by atoms with van der Waals surface area (Å²) in [6.07, 6.45) is 1.56. The van der Waals surface area contributed by atoms with Crippen molar-refractivity contribution in [3.8, 4) is 0 Å². The Kier molecular flexibility index (Phi) is 3.96. The molecular weight excluding hydrogens is 304 g/mol. The van der Waals surface area contributed by atoms with Gasteiger partial charge in [0.05, 0.1) is 5.69 Å². The lowest BCUT2D eigenvalue weighted by Gasteiger charge is -2.20. The number of aliphatic imine (C=N–C) groups is 1. The van der Waals surface area contributed by atoms with E-state index in [1.807, 2.05) is 61.7 Å². The SMILES string of the molecule is CC(C)(C)OC(=O)Cn1c2ccccc2c2cc(N=C=O)ccc21. The van der Waals surface area contributed by atoms with Crippen molar-refractivity contribution < 1.29 is 14.3 Å². The van der Waals surface area contributed by atoms with Crippen LogP contribution in [0.25, 0.3) is 21.8 Å². The Hall–Kier alpha value is -2.91. The van der Waals surface area contributed by atoms with Gasteiger partial charge in [0.15, 0.2) is 0 Å². The highest BCUT2D eigenvalue weighted by atomic mass is 16.6. The summed E-state index contributed by atoms with van der Waals surface area (Å²) in [6, 6.07) is 13.2. The van der Waals surface area contributed by atoms with E-state index in [0.29, 0.717) is 5.69 Å². The van der Waals surface area contributed by atoms with E-state index in [2.05, 4.69) is 4.99 Å². The van der Waals surface area contributed by atoms with Crippen LogP contribution in [0.3, 0.4) is 0 Å². The molecule has 5 heteroatoms. The third-order valence-electron chi connectivity index (χ3n) is 3.64. The number of ether oxygens (including phenoxy) is 1. The number of nitrogens with zero attached hydrogens (tertiary/aromatic N) is 2. The van der Waals surface area contributed by atoms with Crippen molar-refractivity contribution in [1.82, 2.24) is 4.57 Å². The van der Waals surface area contributed by atoms with Crippen molar-refractivity contribution in [1.29, 1.82) is 0 Å². The van der Waals surface area contributed by atoms with Crippen LogP contribution in [-0.2, 0) is 20.9 Å². The maximum atomic E-state index is 12.3. The quantitative estimate of drug-likeness (QED) is 0.414. The first-order valence-electron chi connectivity index (χ1n) is 7.70. The molecule has 122 valence electrons. The van der Waals surface area contributed by atoms with E-state index in [1.54, 1.807) is 12.1 Å². The average molecular weight is 322 g/mol. The molecule has 3 rings (SSSR count). The van der Waals surface area contributed by atoms with Crippen LogP contribution in [0.15, 0.2) is 47.5 Å². The minimum Gasteiger partial charge on any atom is -0.459 e. The van der Waals surface area contributed by atoms with Gasteiger partial charge in [0.2, 0.25) is 6.08 Å². The van der Waals surface area contributed by atoms with Crippen LogP contribution >= 0.6 is 0 Å². The van der Waals surface area contributed by atoms with Crippen LogP contribution in [0.4, 0.5) is 5.69 Å². The molecule has 0 aliphatic heterocycles. The summed E-state index contributed by atoms with van der Waals surface area (Å²) in [5.74, 6) is -0.292. The third-order valence-corrected chi connectivity index (χ3v) is 3.64. The van der Waals surface area contributed by atoms with Crippen molar-refractivity contribution in [2.45, 2.75) is 32.9 Å². The fraction of sp³-hybridized carbons (Fsp3) is 0.263. The fourth-order valence-electron chi connectivity index (χ4n) is 2.84. The smallest absolute Gasteiger partial charge is 0.326 e. The summed E-state index contributed by atoms with van der Waals surface area (Å²) >= 11 is 0. The summed E-state index contributed by atoms with van der Waals surface area (Å²) < 4.78 is 7.37. The molecule has 0 aliphatic carbocycles. The second kappa shape index (κ2) is 5.95. The zero-order chi connectivity index (χ0) is 17.3. The molecule has 1 heterocycles. The van der Waals surface area contributed by atoms with Gasteiger partial charge in [-0.2, -0.15) is 4.99 Å². The lowest BCUT2D eigenvalue weighted by Crippen LogP contribution is -2.26. The van der Waals surface area contributed by atoms with E-state index >= 15 is 0 Å². The minimum absolute atomic E-state index is 0.123. The predicted molar refractivity (Wildman–Crippen MR) is 93.1 cm³/mol. The number of hydrogen-bond donors (Lipinski definition) is 0. The standard InChI is InChI=1S/C19H18N2O3/c1-19(2,3)24-18(23)11-21-16-7-5-4-6-14(16)15-10-13(20-12-22)8-9-17(15)21/h4-10H,11H2,1-3H3. The summed E-state index contributed by atoms with van der Waals surface area (Å²) in [4.78, 5) is 26.4. The topological polar surface area (TPSA) is 60.7 Å². The average Bonchev–Trinajstić information content (AvgIpc) is 2.80. The van der Waals surface area contributed by atoms with Crippen molar-refractivity contribution in [2.75, 3.05) is 0 Å². The number of para-hydroxylation sites is 1. The first-order valence-corrected chi connectivity index (χ1v) is 7.70. The van der Waals surface area contributed by atoms with Gasteiger partial charge in [0.25, 0.3) is 0 Å². The Labute approximate surface area is 139 Å². The summed E-state index contributed by atoms with van der Waals surface area (Å²) in [5.41, 5.74) is 1.84. The molecule has 0 bridgehead atoms. The number of fused-ring (bicyclic) bond motifs is 3. The van der Waals surface area contributed by atoms with E-state index in [0.717, 1.165) is 21.8 Å². The number of rotatable bonds is 3. The van der Waals surface area contributed by atoms with Gasteiger partial charge < -0.3 is 9.30 Å². The number of aromatic nitrogens is 1. The van der Waals surface area contributed by atoms with E-state index < -0.39 is 5.60 Å². The van der Waals surface area contributed by atoms with E-state index in [1.165, 1.54) is 0 Å². The molecule has 5 nitrogen and oxygen atoms in total. The molecule has 0 saturated carbocycles. The molecule has 2 aromatic carbocycles. The maximum absolute atomic E-state index is 12.3. The molecule has 24 heavy (non-hydrogen) atoms. The lowest BCUT2D eigenvalue weighted by atomic mass is 10.1. The summed E-state index contributed by atoms with van der Waals surface area (Å²) in [6.45, 7) is 5.67. The molecule has 0 amide bonds. The van der Waals surface area contributed by atoms with Crippen molar-refractivity contribution in [3.63, 3.8) is 0 Å². The second-order valence-electron chi connectivity index (χ2n) is 6.59. The predicted octanol–water partition coefficient (Wildman–Crippen LogP) is 4.10. The number of carbonyl (C=O) groups excluding carboxylic acids is 2. The van der Waals surface area contributed by atoms with Gasteiger partial charge in [-0.05, 0) is 45.0 Å². The van der Waals surface area contributed by atoms with E-state index in [9.17, 15) is 9.59 Å². The largest absolute Gasteiger partial charge is 0.459 e. The van der Waals surface area contributed by atoms with Gasteiger partial charge in [-0.25, -0.2) is 4.79 Å². The molecule has 0 fully saturated rings. The molecule has 0 unspecified atom stereocenters. The van der Waals surface area contributed by atoms with Gasteiger partial charge in [-0.15, -0.1) is 0 Å². The minimum atomic E-state index is -0.526. The number of benzene rings is 2. The number of carbonyl (C=O) groups is 1. The fourth-order valence-corrected chi connectivity index (χ4v) is 2.84. The molecule has 0 atom stereocenters. The molecule has 3 aromatic rings. The Morgan fingerprint density at radius 2 is 1.83 bits per heavy atom. The van der Waals surface area contributed by atoms with Crippen LogP contribution < -0.4 is 0 Å². The Balaban J connectivity index is 2.15. The molecule has 0 radical (unpaired) electrons. The zero-order valence-electron chi connectivity index (χ0n) is 13.9. The van der Waals surface area contributed by atoms with Crippen molar-refractivity contribution in [3.05, 3.63) is 42.5 Å². The Morgan fingerprint density at radius 1 is 1.12 bits per heavy atom. The number of hydrogen-bond acceptors (Lipinski definition) is 4. The van der Waals surface area contributed by atoms with Gasteiger partial charge in [-0.3, -0.25) is 4.79 Å². The Bertz CT molecular complexity index is 973. The van der Waals surface area contributed by atoms with Crippen LogP contribution in [0.2, 0.25) is 0 Å². The molecule has 1 aromatic heterocycles. The first kappa shape index (κ1) is 16.0. The molecule has 0 aliphatic rings. The van der Waals surface area contributed by atoms with E-state index in [4.69, 9.17) is 4.74 Å². The number of esters is 1. The van der Waals surface area contributed by atoms with Gasteiger partial charge in [0, 0.05) is 21.8 Å². The molecule has 0 N–H and O–H groups in total. The lowest BCUT2D eigenvalue weighted by molar-refractivity contribution is -0.155. The van der Waals surface area contributed by atoms with Crippen LogP contribution in [0, 0.1) is 0 Å². The van der Waals surface area contributed by atoms with Gasteiger partial charge >= 0.3 is 5.97 Å². The summed E-state index contributed by atoms with van der Waals surface area (Å²) in [7, 11) is 0. The van der Waals surface area contributed by atoms with Crippen LogP contribution in [0.5, 0.6) is 0 Å². The molecular formula is C19H18N2O3. The van der Waals surface area contributed by atoms with Gasteiger partial charge in [0.1, 0.15) is 12.1 Å². The van der Waals surface area contributed by atoms with E-state index in [-0.39, 0.29) is 12.5 Å². The van der Waals surface area contributed by atoms with Crippen molar-refractivity contribution >= 4 is 39.5 Å². The number of isocyanates is 1. The summed E-state index contributed by atoms with van der Waals surface area (Å²) in [5, 5.41) is 1.93. The van der Waals surface area contributed by atoms with Crippen LogP contribution in [0.1, 0.15) is 20.8 Å². The zero-order valence-corrected chi connectivity index (χ0v) is 13.9. The maximum Gasteiger partial charge on any atom is 0.326 e. The van der Waals surface area contributed by atoms with Gasteiger partial charge in [-0.1, -0.05) is 18.2 Å². The highest BCUT2D eigenvalue weighted by molar-refractivity contribution is 6.09. The van der Waals surface area contributed by atoms with Crippen LogP contribution in [-0.4, -0.2) is 22.2 Å². The highest BCUT2D eigenvalue weighted by Gasteiger charge is 2.19. The third kappa shape index (κ3) is 3.07. The normalized spacial score (nSPS) is 11.5. The Morgan fingerprint density at radius 3 is 2.54 bits per heavy atom. The van der Waals surface area contributed by atoms with Crippen molar-refractivity contribution in [2.24, 2.45) is 4.99 Å². The molecule has 0 saturated heterocycles. The molecule has 0 spiro atoms.